The van der Waals surface area contributed by atoms with Gasteiger partial charge in [-0.3, -0.25) is 4.68 Å². The Kier molecular flexibility index (Phi) is 4.66. The summed E-state index contributed by atoms with van der Waals surface area (Å²) in [5.41, 5.74) is 2.48. The van der Waals surface area contributed by atoms with Crippen LogP contribution < -0.4 is 0 Å². The molecule has 0 aliphatic rings. The molecule has 1 aromatic heterocycles. The molecule has 3 nitrogen and oxygen atoms in total. The second-order valence-electron chi connectivity index (χ2n) is 4.46. The molecule has 0 saturated carbocycles. The molecule has 1 atom stereocenters. The van der Waals surface area contributed by atoms with E-state index in [-0.39, 0.29) is 0 Å². The number of aryl methyl sites for hydroxylation is 1. The first-order chi connectivity index (χ1) is 9.06. The fourth-order valence-electron chi connectivity index (χ4n) is 2.10. The number of aliphatic hydroxyl groups excluding tert-OH is 1. The van der Waals surface area contributed by atoms with Gasteiger partial charge in [-0.1, -0.05) is 30.7 Å². The Morgan fingerprint density at radius 1 is 1.47 bits per heavy atom. The number of rotatable bonds is 4. The SMILES string of the molecule is CCCn1ncc(Br)c1C(O)c1cccc(Cl)c1C. The summed E-state index contributed by atoms with van der Waals surface area (Å²) in [7, 11) is 0. The lowest BCUT2D eigenvalue weighted by atomic mass is 10.0. The molecule has 0 spiro atoms. The topological polar surface area (TPSA) is 38.0 Å². The summed E-state index contributed by atoms with van der Waals surface area (Å²) in [6, 6.07) is 5.56. The molecule has 0 aliphatic heterocycles. The van der Waals surface area contributed by atoms with Crippen molar-refractivity contribution in [3.8, 4) is 0 Å². The monoisotopic (exact) mass is 342 g/mol. The van der Waals surface area contributed by atoms with Crippen LogP contribution in [0.5, 0.6) is 0 Å². The van der Waals surface area contributed by atoms with E-state index in [0.717, 1.165) is 34.3 Å². The van der Waals surface area contributed by atoms with Crippen molar-refractivity contribution in [2.24, 2.45) is 0 Å². The van der Waals surface area contributed by atoms with E-state index in [1.165, 1.54) is 0 Å². The van der Waals surface area contributed by atoms with Crippen molar-refractivity contribution >= 4 is 27.5 Å². The molecule has 0 fully saturated rings. The first kappa shape index (κ1) is 14.6. The average molecular weight is 344 g/mol. The lowest BCUT2D eigenvalue weighted by molar-refractivity contribution is 0.206. The predicted octanol–water partition coefficient (Wildman–Crippen LogP) is 4.10. The molecule has 0 bridgehead atoms. The zero-order chi connectivity index (χ0) is 14.0. The van der Waals surface area contributed by atoms with E-state index < -0.39 is 6.10 Å². The van der Waals surface area contributed by atoms with Crippen LogP contribution in [0.3, 0.4) is 0 Å². The van der Waals surface area contributed by atoms with Gasteiger partial charge < -0.3 is 5.11 Å². The van der Waals surface area contributed by atoms with Crippen LogP contribution >= 0.6 is 27.5 Å². The van der Waals surface area contributed by atoms with Crippen molar-refractivity contribution in [3.63, 3.8) is 0 Å². The van der Waals surface area contributed by atoms with Gasteiger partial charge in [-0.2, -0.15) is 5.10 Å². The Bertz CT molecular complexity index is 583. The van der Waals surface area contributed by atoms with Crippen LogP contribution in [0.25, 0.3) is 0 Å². The normalized spacial score (nSPS) is 12.7. The Hall–Kier alpha value is -0.840. The van der Waals surface area contributed by atoms with Gasteiger partial charge >= 0.3 is 0 Å². The van der Waals surface area contributed by atoms with Crippen molar-refractivity contribution in [2.45, 2.75) is 32.9 Å². The van der Waals surface area contributed by atoms with Crippen LogP contribution in [-0.2, 0) is 6.54 Å². The van der Waals surface area contributed by atoms with Gasteiger partial charge in [0.1, 0.15) is 6.10 Å². The molecule has 102 valence electrons. The van der Waals surface area contributed by atoms with E-state index in [4.69, 9.17) is 11.6 Å². The highest BCUT2D eigenvalue weighted by Gasteiger charge is 2.21. The molecule has 1 aromatic carbocycles. The van der Waals surface area contributed by atoms with Gasteiger partial charge in [-0.15, -0.1) is 0 Å². The Morgan fingerprint density at radius 2 is 2.21 bits per heavy atom. The molecule has 0 aliphatic carbocycles. The number of hydrogen-bond acceptors (Lipinski definition) is 2. The summed E-state index contributed by atoms with van der Waals surface area (Å²) >= 11 is 9.57. The van der Waals surface area contributed by atoms with E-state index in [1.54, 1.807) is 6.20 Å². The molecular weight excluding hydrogens is 328 g/mol. The summed E-state index contributed by atoms with van der Waals surface area (Å²) in [4.78, 5) is 0. The van der Waals surface area contributed by atoms with Crippen LogP contribution in [0, 0.1) is 6.92 Å². The smallest absolute Gasteiger partial charge is 0.122 e. The van der Waals surface area contributed by atoms with Crippen molar-refractivity contribution < 1.29 is 5.11 Å². The Balaban J connectivity index is 2.46. The minimum absolute atomic E-state index is 0.661. The van der Waals surface area contributed by atoms with E-state index in [0.29, 0.717) is 5.02 Å². The summed E-state index contributed by atoms with van der Waals surface area (Å²) in [6.07, 6.45) is 1.94. The summed E-state index contributed by atoms with van der Waals surface area (Å²) in [5.74, 6) is 0. The number of hydrogen-bond donors (Lipinski definition) is 1. The molecular formula is C14H16BrClN2O. The lowest BCUT2D eigenvalue weighted by Crippen LogP contribution is -2.11. The number of aliphatic hydroxyl groups is 1. The number of halogens is 2. The lowest BCUT2D eigenvalue weighted by Gasteiger charge is -2.17. The van der Waals surface area contributed by atoms with Crippen LogP contribution in [0.2, 0.25) is 5.02 Å². The zero-order valence-corrected chi connectivity index (χ0v) is 13.2. The number of nitrogens with zero attached hydrogens (tertiary/aromatic N) is 2. The van der Waals surface area contributed by atoms with E-state index in [1.807, 2.05) is 29.8 Å². The second kappa shape index (κ2) is 6.07. The van der Waals surface area contributed by atoms with Crippen molar-refractivity contribution in [1.29, 1.82) is 0 Å². The van der Waals surface area contributed by atoms with Gasteiger partial charge in [0, 0.05) is 11.6 Å². The molecule has 1 heterocycles. The van der Waals surface area contributed by atoms with Gasteiger partial charge in [0.25, 0.3) is 0 Å². The minimum atomic E-state index is -0.734. The fraction of sp³-hybridized carbons (Fsp3) is 0.357. The van der Waals surface area contributed by atoms with Crippen molar-refractivity contribution in [2.75, 3.05) is 0 Å². The maximum atomic E-state index is 10.6. The predicted molar refractivity (Wildman–Crippen MR) is 80.5 cm³/mol. The second-order valence-corrected chi connectivity index (χ2v) is 5.72. The standard InChI is InChI=1S/C14H16BrClN2O/c1-3-7-18-13(11(15)8-17-18)14(19)10-5-4-6-12(16)9(10)2/h4-6,8,14,19H,3,7H2,1-2H3. The molecule has 1 N–H and O–H groups in total. The van der Waals surface area contributed by atoms with Crippen molar-refractivity contribution in [3.05, 3.63) is 50.7 Å². The molecule has 0 saturated heterocycles. The molecule has 19 heavy (non-hydrogen) atoms. The molecule has 0 radical (unpaired) electrons. The third-order valence-corrected chi connectivity index (χ3v) is 4.15. The highest BCUT2D eigenvalue weighted by molar-refractivity contribution is 9.10. The Labute approximate surface area is 126 Å². The first-order valence-electron chi connectivity index (χ1n) is 6.20. The van der Waals surface area contributed by atoms with Crippen molar-refractivity contribution in [1.82, 2.24) is 9.78 Å². The van der Waals surface area contributed by atoms with E-state index >= 15 is 0 Å². The third-order valence-electron chi connectivity index (χ3n) is 3.13. The van der Waals surface area contributed by atoms with Crippen LogP contribution in [0.4, 0.5) is 0 Å². The van der Waals surface area contributed by atoms with Gasteiger partial charge in [-0.25, -0.2) is 0 Å². The van der Waals surface area contributed by atoms with Crippen LogP contribution in [0.15, 0.2) is 28.9 Å². The fourth-order valence-corrected chi connectivity index (χ4v) is 2.80. The molecule has 1 unspecified atom stereocenters. The minimum Gasteiger partial charge on any atom is -0.382 e. The molecule has 2 rings (SSSR count). The maximum absolute atomic E-state index is 10.6. The first-order valence-corrected chi connectivity index (χ1v) is 7.37. The van der Waals surface area contributed by atoms with E-state index in [9.17, 15) is 5.11 Å². The quantitative estimate of drug-likeness (QED) is 0.907. The zero-order valence-electron chi connectivity index (χ0n) is 10.9. The van der Waals surface area contributed by atoms with Gasteiger partial charge in [0.15, 0.2) is 0 Å². The van der Waals surface area contributed by atoms with Crippen LogP contribution in [-0.4, -0.2) is 14.9 Å². The summed E-state index contributed by atoms with van der Waals surface area (Å²) in [6.45, 7) is 4.77. The Morgan fingerprint density at radius 3 is 2.89 bits per heavy atom. The summed E-state index contributed by atoms with van der Waals surface area (Å²) in [5, 5.41) is 15.6. The molecule has 0 amide bonds. The van der Waals surface area contributed by atoms with E-state index in [2.05, 4.69) is 28.0 Å². The van der Waals surface area contributed by atoms with Gasteiger partial charge in [0.05, 0.1) is 16.4 Å². The molecule has 5 heteroatoms. The summed E-state index contributed by atoms with van der Waals surface area (Å²) < 4.78 is 2.64. The molecule has 2 aromatic rings. The third kappa shape index (κ3) is 2.86. The number of aromatic nitrogens is 2. The van der Waals surface area contributed by atoms with Gasteiger partial charge in [-0.05, 0) is 46.5 Å². The number of benzene rings is 1. The largest absolute Gasteiger partial charge is 0.382 e. The van der Waals surface area contributed by atoms with Gasteiger partial charge in [0.2, 0.25) is 0 Å². The van der Waals surface area contributed by atoms with Crippen LogP contribution in [0.1, 0.15) is 36.3 Å². The maximum Gasteiger partial charge on any atom is 0.122 e. The average Bonchev–Trinajstić information content (AvgIpc) is 2.74. The highest BCUT2D eigenvalue weighted by atomic mass is 79.9. The highest BCUT2D eigenvalue weighted by Crippen LogP contribution is 2.32.